The number of amides is 1. The molecule has 0 saturated carbocycles. The van der Waals surface area contributed by atoms with Crippen LogP contribution in [0.25, 0.3) is 0 Å². The van der Waals surface area contributed by atoms with Crippen molar-refractivity contribution in [2.75, 3.05) is 32.7 Å². The fraction of sp³-hybridized carbons (Fsp3) is 0.619. The minimum Gasteiger partial charge on any atom is -0.369 e. The van der Waals surface area contributed by atoms with Crippen LogP contribution >= 0.6 is 24.0 Å². The van der Waals surface area contributed by atoms with Crippen molar-refractivity contribution in [1.29, 1.82) is 0 Å². The number of likely N-dealkylation sites (tertiary alicyclic amines) is 1. The van der Waals surface area contributed by atoms with Crippen LogP contribution < -0.4 is 16.4 Å². The number of guanidine groups is 1. The van der Waals surface area contributed by atoms with Gasteiger partial charge in [0.2, 0.25) is 5.91 Å². The molecular weight excluding hydrogens is 465 g/mol. The third-order valence-electron chi connectivity index (χ3n) is 5.14. The summed E-state index contributed by atoms with van der Waals surface area (Å²) < 4.78 is 0. The minimum atomic E-state index is -0.142. The van der Waals surface area contributed by atoms with Gasteiger partial charge >= 0.3 is 0 Å². The molecule has 7 heteroatoms. The number of carbonyl (C=O) groups is 1. The lowest BCUT2D eigenvalue weighted by molar-refractivity contribution is -0.123. The molecule has 1 amide bonds. The van der Waals surface area contributed by atoms with Crippen molar-refractivity contribution in [2.45, 2.75) is 45.6 Å². The van der Waals surface area contributed by atoms with Crippen molar-refractivity contribution in [3.05, 3.63) is 35.9 Å². The van der Waals surface area contributed by atoms with Gasteiger partial charge in [-0.2, -0.15) is 0 Å². The Morgan fingerprint density at radius 2 is 1.93 bits per heavy atom. The molecule has 1 atom stereocenters. The Bertz CT molecular complexity index is 588. The third-order valence-corrected chi connectivity index (χ3v) is 5.14. The van der Waals surface area contributed by atoms with Crippen LogP contribution in [0.4, 0.5) is 0 Å². The minimum absolute atomic E-state index is 0. The van der Waals surface area contributed by atoms with E-state index in [0.717, 1.165) is 64.4 Å². The van der Waals surface area contributed by atoms with E-state index in [1.165, 1.54) is 5.56 Å². The van der Waals surface area contributed by atoms with Gasteiger partial charge in [-0.15, -0.1) is 24.0 Å². The van der Waals surface area contributed by atoms with Gasteiger partial charge < -0.3 is 21.3 Å². The van der Waals surface area contributed by atoms with Crippen LogP contribution in [0, 0.1) is 5.92 Å². The number of rotatable bonds is 9. The summed E-state index contributed by atoms with van der Waals surface area (Å²) in [6.07, 6.45) is 3.99. The number of nitrogens with zero attached hydrogens (tertiary/aromatic N) is 2. The zero-order valence-corrected chi connectivity index (χ0v) is 19.5. The summed E-state index contributed by atoms with van der Waals surface area (Å²) in [6.45, 7) is 8.94. The first-order valence-electron chi connectivity index (χ1n) is 10.2. The number of unbranched alkanes of at least 4 members (excludes halogenated alkanes) is 1. The molecule has 0 radical (unpaired) electrons. The molecule has 1 saturated heterocycles. The highest BCUT2D eigenvalue weighted by Gasteiger charge is 2.22. The highest BCUT2D eigenvalue weighted by atomic mass is 127. The van der Waals surface area contributed by atoms with Crippen LogP contribution in [0.2, 0.25) is 0 Å². The smallest absolute Gasteiger partial charge is 0.220 e. The first kappa shape index (κ1) is 24.7. The number of benzene rings is 1. The van der Waals surface area contributed by atoms with E-state index in [0.29, 0.717) is 0 Å². The Morgan fingerprint density at radius 1 is 1.25 bits per heavy atom. The molecule has 0 spiro atoms. The molecule has 0 bridgehead atoms. The summed E-state index contributed by atoms with van der Waals surface area (Å²) in [4.78, 5) is 18.4. The lowest BCUT2D eigenvalue weighted by Crippen LogP contribution is -2.39. The summed E-state index contributed by atoms with van der Waals surface area (Å²) in [5.41, 5.74) is 6.64. The maximum Gasteiger partial charge on any atom is 0.220 e. The lowest BCUT2D eigenvalue weighted by Gasteiger charge is -2.30. The second-order valence-corrected chi connectivity index (χ2v) is 7.26. The summed E-state index contributed by atoms with van der Waals surface area (Å²) in [5.74, 6) is 0.805. The van der Waals surface area contributed by atoms with E-state index in [1.807, 2.05) is 6.07 Å². The first-order valence-corrected chi connectivity index (χ1v) is 10.2. The van der Waals surface area contributed by atoms with E-state index in [9.17, 15) is 4.79 Å². The summed E-state index contributed by atoms with van der Waals surface area (Å²) in [6, 6.07) is 10.6. The van der Waals surface area contributed by atoms with Crippen LogP contribution in [-0.4, -0.2) is 49.5 Å². The average molecular weight is 501 g/mol. The molecule has 158 valence electrons. The molecule has 1 heterocycles. The number of nitrogens with one attached hydrogen (secondary N) is 2. The fourth-order valence-electron chi connectivity index (χ4n) is 3.43. The van der Waals surface area contributed by atoms with E-state index in [2.05, 4.69) is 53.6 Å². The lowest BCUT2D eigenvalue weighted by atomic mass is 9.96. The second-order valence-electron chi connectivity index (χ2n) is 7.26. The maximum atomic E-state index is 11.2. The van der Waals surface area contributed by atoms with Gasteiger partial charge in [0.1, 0.15) is 0 Å². The van der Waals surface area contributed by atoms with Crippen molar-refractivity contribution in [1.82, 2.24) is 15.5 Å². The number of hydrogen-bond acceptors (Lipinski definition) is 3. The topological polar surface area (TPSA) is 82.8 Å². The normalized spacial score (nSPS) is 16.9. The van der Waals surface area contributed by atoms with Crippen molar-refractivity contribution in [3.63, 3.8) is 0 Å². The van der Waals surface area contributed by atoms with E-state index < -0.39 is 0 Å². The van der Waals surface area contributed by atoms with Crippen LogP contribution in [0.5, 0.6) is 0 Å². The predicted molar refractivity (Wildman–Crippen MR) is 127 cm³/mol. The Balaban J connectivity index is 0.00000392. The SMILES string of the molecule is CCNC(=NCCCCN1CCC(C(N)=O)CC1)NC(C)c1ccccc1.I. The average Bonchev–Trinajstić information content (AvgIpc) is 2.68. The fourth-order valence-corrected chi connectivity index (χ4v) is 3.43. The standard InChI is InChI=1S/C21H35N5O.HI/c1-3-23-21(25-17(2)18-9-5-4-6-10-18)24-13-7-8-14-26-15-11-19(12-16-26)20(22)27;/h4-6,9-10,17,19H,3,7-8,11-16H2,1-2H3,(H2,22,27)(H2,23,24,25);1H. The molecule has 1 aliphatic rings. The van der Waals surface area contributed by atoms with Gasteiger partial charge in [-0.1, -0.05) is 30.3 Å². The Kier molecular flexibility index (Phi) is 12.1. The summed E-state index contributed by atoms with van der Waals surface area (Å²) in [5, 5.41) is 6.80. The van der Waals surface area contributed by atoms with Gasteiger partial charge in [-0.05, 0) is 64.7 Å². The number of aliphatic imine (C=N–C) groups is 1. The quantitative estimate of drug-likeness (QED) is 0.210. The van der Waals surface area contributed by atoms with Crippen molar-refractivity contribution >= 4 is 35.8 Å². The van der Waals surface area contributed by atoms with Crippen molar-refractivity contribution < 1.29 is 4.79 Å². The molecule has 28 heavy (non-hydrogen) atoms. The van der Waals surface area contributed by atoms with E-state index in [-0.39, 0.29) is 41.8 Å². The van der Waals surface area contributed by atoms with E-state index >= 15 is 0 Å². The number of halogens is 1. The van der Waals surface area contributed by atoms with Gasteiger partial charge in [0.25, 0.3) is 0 Å². The molecule has 0 aromatic heterocycles. The molecule has 1 aliphatic heterocycles. The van der Waals surface area contributed by atoms with E-state index in [1.54, 1.807) is 0 Å². The maximum absolute atomic E-state index is 11.2. The monoisotopic (exact) mass is 501 g/mol. The summed E-state index contributed by atoms with van der Waals surface area (Å²) >= 11 is 0. The molecule has 4 N–H and O–H groups in total. The van der Waals surface area contributed by atoms with Gasteiger partial charge in [-0.3, -0.25) is 9.79 Å². The predicted octanol–water partition coefficient (Wildman–Crippen LogP) is 2.90. The van der Waals surface area contributed by atoms with Gasteiger partial charge in [-0.25, -0.2) is 0 Å². The van der Waals surface area contributed by atoms with Gasteiger partial charge in [0, 0.05) is 19.0 Å². The zero-order valence-electron chi connectivity index (χ0n) is 17.2. The highest BCUT2D eigenvalue weighted by Crippen LogP contribution is 2.17. The number of hydrogen-bond donors (Lipinski definition) is 3. The number of primary amides is 1. The van der Waals surface area contributed by atoms with E-state index in [4.69, 9.17) is 10.7 Å². The second kappa shape index (κ2) is 13.8. The molecule has 1 fully saturated rings. The molecule has 0 aliphatic carbocycles. The van der Waals surface area contributed by atoms with Gasteiger partial charge in [0.05, 0.1) is 6.04 Å². The number of piperidine rings is 1. The Hall–Kier alpha value is -1.35. The highest BCUT2D eigenvalue weighted by molar-refractivity contribution is 14.0. The van der Waals surface area contributed by atoms with Crippen LogP contribution in [0.1, 0.15) is 51.1 Å². The van der Waals surface area contributed by atoms with Crippen molar-refractivity contribution in [3.8, 4) is 0 Å². The third kappa shape index (κ3) is 8.77. The van der Waals surface area contributed by atoms with Crippen LogP contribution in [0.3, 0.4) is 0 Å². The zero-order chi connectivity index (χ0) is 19.5. The largest absolute Gasteiger partial charge is 0.369 e. The molecule has 1 aromatic carbocycles. The summed E-state index contributed by atoms with van der Waals surface area (Å²) in [7, 11) is 0. The number of nitrogens with two attached hydrogens (primary N) is 1. The molecule has 1 aromatic rings. The van der Waals surface area contributed by atoms with Crippen molar-refractivity contribution in [2.24, 2.45) is 16.6 Å². The Labute approximate surface area is 186 Å². The molecular formula is C21H36IN5O. The molecule has 6 nitrogen and oxygen atoms in total. The van der Waals surface area contributed by atoms with Crippen LogP contribution in [-0.2, 0) is 4.79 Å². The molecule has 1 unspecified atom stereocenters. The first-order chi connectivity index (χ1) is 13.1. The Morgan fingerprint density at radius 3 is 2.54 bits per heavy atom. The number of carbonyl (C=O) groups excluding carboxylic acids is 1. The molecule has 2 rings (SSSR count). The van der Waals surface area contributed by atoms with Gasteiger partial charge in [0.15, 0.2) is 5.96 Å². The van der Waals surface area contributed by atoms with Crippen LogP contribution in [0.15, 0.2) is 35.3 Å².